The van der Waals surface area contributed by atoms with E-state index in [9.17, 15) is 0 Å². The van der Waals surface area contributed by atoms with Crippen LogP contribution in [0.1, 0.15) is 19.4 Å². The van der Waals surface area contributed by atoms with Crippen molar-refractivity contribution in [1.82, 2.24) is 20.5 Å². The number of nitrogens with zero attached hydrogens (tertiary/aromatic N) is 4. The molecule has 8 heteroatoms. The van der Waals surface area contributed by atoms with Crippen LogP contribution in [0.15, 0.2) is 23.3 Å². The average molecular weight is 492 g/mol. The Morgan fingerprint density at radius 1 is 1.27 bits per heavy atom. The second-order valence-electron chi connectivity index (χ2n) is 7.02. The van der Waals surface area contributed by atoms with E-state index in [1.807, 2.05) is 31.1 Å². The monoisotopic (exact) mass is 492 g/mol. The van der Waals surface area contributed by atoms with Gasteiger partial charge in [-0.1, -0.05) is 6.07 Å². The highest BCUT2D eigenvalue weighted by molar-refractivity contribution is 14.0. The first-order valence-corrected chi connectivity index (χ1v) is 10.0. The van der Waals surface area contributed by atoms with E-state index in [-0.39, 0.29) is 28.7 Å². The van der Waals surface area contributed by atoms with Crippen molar-refractivity contribution < 1.29 is 0 Å². The number of halogens is 1. The second kappa shape index (κ2) is 11.2. The molecule has 0 bridgehead atoms. The molecule has 0 unspecified atom stereocenters. The Hall–Kier alpha value is -0.740. The molecule has 0 atom stereocenters. The number of thioether (sulfide) groups is 1. The fourth-order valence-electron chi connectivity index (χ4n) is 2.64. The molecule has 26 heavy (non-hydrogen) atoms. The first-order valence-electron chi connectivity index (χ1n) is 8.82. The summed E-state index contributed by atoms with van der Waals surface area (Å²) in [6.07, 6.45) is 4.01. The highest BCUT2D eigenvalue weighted by Crippen LogP contribution is 2.20. The number of aliphatic imine (C=N–C) groups is 1. The van der Waals surface area contributed by atoms with Gasteiger partial charge in [0.1, 0.15) is 5.82 Å². The van der Waals surface area contributed by atoms with Crippen molar-refractivity contribution in [2.24, 2.45) is 4.99 Å². The van der Waals surface area contributed by atoms with Crippen molar-refractivity contribution in [3.63, 3.8) is 0 Å². The molecule has 2 rings (SSSR count). The Morgan fingerprint density at radius 2 is 1.96 bits per heavy atom. The number of rotatable bonds is 6. The standard InChI is InChI=1S/C18H32N6S.HI/c1-18(2,25-5)14-22-17(19-3)21-13-15-7-6-8-20-16(15)24-11-9-23(4)10-12-24;/h6-8H,9-14H2,1-5H3,(H2,19,21,22);1H. The fraction of sp³-hybridized carbons (Fsp3) is 0.667. The Bertz CT molecular complexity index is 573. The van der Waals surface area contributed by atoms with E-state index in [1.54, 1.807) is 0 Å². The zero-order valence-corrected chi connectivity index (χ0v) is 19.7. The summed E-state index contributed by atoms with van der Waals surface area (Å²) in [5, 5.41) is 6.84. The van der Waals surface area contributed by atoms with Crippen LogP contribution in [0.5, 0.6) is 0 Å². The van der Waals surface area contributed by atoms with Gasteiger partial charge < -0.3 is 20.4 Å². The van der Waals surface area contributed by atoms with Crippen LogP contribution >= 0.6 is 35.7 Å². The van der Waals surface area contributed by atoms with Gasteiger partial charge in [0.25, 0.3) is 0 Å². The second-order valence-corrected chi connectivity index (χ2v) is 8.53. The van der Waals surface area contributed by atoms with Crippen molar-refractivity contribution in [2.75, 3.05) is 58.0 Å². The molecular weight excluding hydrogens is 459 g/mol. The quantitative estimate of drug-likeness (QED) is 0.361. The highest BCUT2D eigenvalue weighted by Gasteiger charge is 2.19. The summed E-state index contributed by atoms with van der Waals surface area (Å²) in [6.45, 7) is 10.2. The minimum Gasteiger partial charge on any atom is -0.355 e. The van der Waals surface area contributed by atoms with Gasteiger partial charge in [0.2, 0.25) is 0 Å². The van der Waals surface area contributed by atoms with E-state index in [1.165, 1.54) is 5.56 Å². The van der Waals surface area contributed by atoms with E-state index >= 15 is 0 Å². The van der Waals surface area contributed by atoms with Gasteiger partial charge in [-0.05, 0) is 33.2 Å². The van der Waals surface area contributed by atoms with Gasteiger partial charge in [0.15, 0.2) is 5.96 Å². The molecule has 2 N–H and O–H groups in total. The largest absolute Gasteiger partial charge is 0.355 e. The average Bonchev–Trinajstić information content (AvgIpc) is 2.63. The third kappa shape index (κ3) is 7.11. The summed E-state index contributed by atoms with van der Waals surface area (Å²) < 4.78 is 0.177. The summed E-state index contributed by atoms with van der Waals surface area (Å²) in [5.41, 5.74) is 1.21. The van der Waals surface area contributed by atoms with Crippen molar-refractivity contribution >= 4 is 47.5 Å². The number of likely N-dealkylation sites (N-methyl/N-ethyl adjacent to an activating group) is 1. The zero-order chi connectivity index (χ0) is 18.3. The van der Waals surface area contributed by atoms with Gasteiger partial charge in [-0.2, -0.15) is 11.8 Å². The summed E-state index contributed by atoms with van der Waals surface area (Å²) >= 11 is 1.85. The molecule has 148 valence electrons. The molecule has 1 aromatic rings. The third-order valence-electron chi connectivity index (χ3n) is 4.57. The van der Waals surface area contributed by atoms with Crippen LogP contribution < -0.4 is 15.5 Å². The van der Waals surface area contributed by atoms with Gasteiger partial charge in [0.05, 0.1) is 0 Å². The molecule has 2 heterocycles. The van der Waals surface area contributed by atoms with Gasteiger partial charge in [-0.25, -0.2) is 4.98 Å². The summed E-state index contributed by atoms with van der Waals surface area (Å²) in [4.78, 5) is 13.7. The number of hydrogen-bond acceptors (Lipinski definition) is 5. The lowest BCUT2D eigenvalue weighted by molar-refractivity contribution is 0.312. The molecule has 0 spiro atoms. The Balaban J connectivity index is 0.00000338. The maximum Gasteiger partial charge on any atom is 0.191 e. The SMILES string of the molecule is CN=C(NCc1cccnc1N1CCN(C)CC1)NCC(C)(C)SC.I. The minimum atomic E-state index is 0. The summed E-state index contributed by atoms with van der Waals surface area (Å²) in [7, 11) is 3.98. The molecular formula is C18H33IN6S. The molecule has 1 aliphatic rings. The van der Waals surface area contributed by atoms with Crippen molar-refractivity contribution in [2.45, 2.75) is 25.1 Å². The number of aromatic nitrogens is 1. The van der Waals surface area contributed by atoms with Crippen molar-refractivity contribution in [3.05, 3.63) is 23.9 Å². The first-order chi connectivity index (χ1) is 11.9. The van der Waals surface area contributed by atoms with E-state index in [2.05, 4.69) is 63.6 Å². The highest BCUT2D eigenvalue weighted by atomic mass is 127. The van der Waals surface area contributed by atoms with Crippen LogP contribution in [-0.2, 0) is 6.54 Å². The maximum atomic E-state index is 4.63. The lowest BCUT2D eigenvalue weighted by Crippen LogP contribution is -2.46. The molecule has 0 saturated carbocycles. The third-order valence-corrected chi connectivity index (χ3v) is 5.82. The summed E-state index contributed by atoms with van der Waals surface area (Å²) in [5.74, 6) is 1.92. The molecule has 1 fully saturated rings. The van der Waals surface area contributed by atoms with Gasteiger partial charge >= 0.3 is 0 Å². The number of piperazine rings is 1. The van der Waals surface area contributed by atoms with E-state index < -0.39 is 0 Å². The molecule has 1 aromatic heterocycles. The molecule has 1 aliphatic heterocycles. The van der Waals surface area contributed by atoms with Crippen molar-refractivity contribution in [3.8, 4) is 0 Å². The van der Waals surface area contributed by atoms with Crippen LogP contribution in [0.3, 0.4) is 0 Å². The lowest BCUT2D eigenvalue weighted by Gasteiger charge is -2.34. The number of anilines is 1. The molecule has 1 saturated heterocycles. The fourth-order valence-corrected chi connectivity index (χ4v) is 2.86. The van der Waals surface area contributed by atoms with Crippen LogP contribution in [0.4, 0.5) is 5.82 Å². The Kier molecular flexibility index (Phi) is 10.0. The molecule has 0 aliphatic carbocycles. The van der Waals surface area contributed by atoms with Gasteiger partial charge in [0, 0.05) is 62.8 Å². The number of hydrogen-bond donors (Lipinski definition) is 2. The summed E-state index contributed by atoms with van der Waals surface area (Å²) in [6, 6.07) is 4.15. The van der Waals surface area contributed by atoms with E-state index in [0.29, 0.717) is 0 Å². The topological polar surface area (TPSA) is 55.8 Å². The molecule has 0 aromatic carbocycles. The normalized spacial score (nSPS) is 16.2. The molecule has 0 radical (unpaired) electrons. The van der Waals surface area contributed by atoms with Crippen LogP contribution in [0.25, 0.3) is 0 Å². The van der Waals surface area contributed by atoms with Crippen LogP contribution in [0, 0.1) is 0 Å². The zero-order valence-electron chi connectivity index (χ0n) is 16.6. The van der Waals surface area contributed by atoms with E-state index in [0.717, 1.165) is 51.0 Å². The predicted octanol–water partition coefficient (Wildman–Crippen LogP) is 2.26. The number of pyridine rings is 1. The van der Waals surface area contributed by atoms with Crippen LogP contribution in [-0.4, -0.2) is 73.7 Å². The van der Waals surface area contributed by atoms with Crippen molar-refractivity contribution in [1.29, 1.82) is 0 Å². The smallest absolute Gasteiger partial charge is 0.191 e. The number of nitrogens with one attached hydrogen (secondary N) is 2. The van der Waals surface area contributed by atoms with Crippen LogP contribution in [0.2, 0.25) is 0 Å². The first kappa shape index (κ1) is 23.3. The Labute approximate surface area is 179 Å². The lowest BCUT2D eigenvalue weighted by atomic mass is 10.2. The van der Waals surface area contributed by atoms with Gasteiger partial charge in [-0.3, -0.25) is 4.99 Å². The maximum absolute atomic E-state index is 4.63. The molecule has 6 nitrogen and oxygen atoms in total. The predicted molar refractivity (Wildman–Crippen MR) is 125 cm³/mol. The Morgan fingerprint density at radius 3 is 2.58 bits per heavy atom. The van der Waals surface area contributed by atoms with Gasteiger partial charge in [-0.15, -0.1) is 24.0 Å². The minimum absolute atomic E-state index is 0. The number of guanidine groups is 1. The molecule has 0 amide bonds. The van der Waals surface area contributed by atoms with E-state index in [4.69, 9.17) is 0 Å².